The number of ether oxygens (including phenoxy) is 1. The lowest BCUT2D eigenvalue weighted by molar-refractivity contribution is -0.0884. The fourth-order valence-corrected chi connectivity index (χ4v) is 3.89. The minimum atomic E-state index is -0.765. The summed E-state index contributed by atoms with van der Waals surface area (Å²) < 4.78 is 5.74. The van der Waals surface area contributed by atoms with Crippen molar-refractivity contribution in [1.29, 1.82) is 0 Å². The largest absolute Gasteiger partial charge is 0.462 e. The third-order valence-electron chi connectivity index (χ3n) is 3.79. The van der Waals surface area contributed by atoms with Crippen molar-refractivity contribution < 1.29 is 14.9 Å². The fraction of sp³-hybridized carbons (Fsp3) is 0.333. The van der Waals surface area contributed by atoms with Gasteiger partial charge in [0.15, 0.2) is 0 Å². The van der Waals surface area contributed by atoms with Crippen LogP contribution in [0, 0.1) is 0 Å². The Kier molecular flexibility index (Phi) is 6.33. The van der Waals surface area contributed by atoms with E-state index in [9.17, 15) is 10.2 Å². The number of rotatable bonds is 8. The van der Waals surface area contributed by atoms with Crippen molar-refractivity contribution in [3.63, 3.8) is 0 Å². The van der Waals surface area contributed by atoms with Gasteiger partial charge in [0.2, 0.25) is 0 Å². The average Bonchev–Trinajstić information content (AvgIpc) is 3.31. The van der Waals surface area contributed by atoms with Gasteiger partial charge in [-0.15, -0.1) is 22.7 Å². The molecule has 3 rings (SSSR count). The molecule has 8 heteroatoms. The minimum Gasteiger partial charge on any atom is -0.462 e. The van der Waals surface area contributed by atoms with Crippen LogP contribution in [0.4, 0.5) is 0 Å². The third-order valence-corrected chi connectivity index (χ3v) is 5.58. The Morgan fingerprint density at radius 2 is 1.54 bits per heavy atom. The molecule has 0 aromatic carbocycles. The molecule has 0 aliphatic rings. The number of aliphatic hydroxyl groups is 2. The van der Waals surface area contributed by atoms with Gasteiger partial charge in [0, 0.05) is 6.54 Å². The molecule has 0 saturated carbocycles. The molecule has 0 bridgehead atoms. The van der Waals surface area contributed by atoms with Crippen molar-refractivity contribution >= 4 is 22.7 Å². The van der Waals surface area contributed by atoms with Crippen molar-refractivity contribution in [3.05, 3.63) is 41.1 Å². The number of thiophene rings is 2. The predicted molar refractivity (Wildman–Crippen MR) is 104 cm³/mol. The molecule has 0 aliphatic carbocycles. The highest BCUT2D eigenvalue weighted by Crippen LogP contribution is 2.30. The van der Waals surface area contributed by atoms with Gasteiger partial charge in [-0.05, 0) is 42.8 Å². The first kappa shape index (κ1) is 18.9. The van der Waals surface area contributed by atoms with E-state index in [1.54, 1.807) is 36.5 Å². The highest BCUT2D eigenvalue weighted by molar-refractivity contribution is 7.13. The van der Waals surface area contributed by atoms with Gasteiger partial charge in [-0.3, -0.25) is 0 Å². The van der Waals surface area contributed by atoms with Gasteiger partial charge < -0.3 is 14.9 Å². The molecule has 3 heterocycles. The standard InChI is InChI=1S/C18H21N3O3S2/c1-12(22)21(13(2)23)7-8-24-18-19-14(16-5-3-9-25-16)11-15(20-18)17-6-4-10-26-17/h3-6,9-13,22-23H,7-8H2,1-2H3. The molecule has 6 nitrogen and oxygen atoms in total. The Bertz CT molecular complexity index is 745. The Morgan fingerprint density at radius 1 is 1.00 bits per heavy atom. The van der Waals surface area contributed by atoms with Gasteiger partial charge in [-0.2, -0.15) is 9.97 Å². The Balaban J connectivity index is 1.80. The van der Waals surface area contributed by atoms with Gasteiger partial charge in [-0.1, -0.05) is 12.1 Å². The van der Waals surface area contributed by atoms with Crippen molar-refractivity contribution in [2.24, 2.45) is 0 Å². The molecule has 0 spiro atoms. The summed E-state index contributed by atoms with van der Waals surface area (Å²) in [4.78, 5) is 12.6. The molecule has 0 aliphatic heterocycles. The van der Waals surface area contributed by atoms with Crippen LogP contribution in [0.15, 0.2) is 41.1 Å². The summed E-state index contributed by atoms with van der Waals surface area (Å²) in [7, 11) is 0. The summed E-state index contributed by atoms with van der Waals surface area (Å²) in [6, 6.07) is 10.2. The van der Waals surface area contributed by atoms with Gasteiger partial charge in [0.25, 0.3) is 0 Å². The van der Waals surface area contributed by atoms with Gasteiger partial charge in [0.1, 0.15) is 19.1 Å². The van der Waals surface area contributed by atoms with Crippen LogP contribution in [0.5, 0.6) is 6.01 Å². The van der Waals surface area contributed by atoms with Gasteiger partial charge >= 0.3 is 6.01 Å². The van der Waals surface area contributed by atoms with Crippen molar-refractivity contribution in [1.82, 2.24) is 14.9 Å². The third kappa shape index (κ3) is 4.66. The number of hydrogen-bond donors (Lipinski definition) is 2. The van der Waals surface area contributed by atoms with E-state index in [2.05, 4.69) is 9.97 Å². The van der Waals surface area contributed by atoms with Crippen molar-refractivity contribution in [2.45, 2.75) is 26.3 Å². The monoisotopic (exact) mass is 391 g/mol. The number of aliphatic hydroxyl groups excluding tert-OH is 2. The van der Waals surface area contributed by atoms with Crippen molar-refractivity contribution in [3.8, 4) is 27.2 Å². The molecule has 3 aromatic heterocycles. The maximum absolute atomic E-state index is 9.70. The fourth-order valence-electron chi connectivity index (χ4n) is 2.52. The summed E-state index contributed by atoms with van der Waals surface area (Å²) >= 11 is 3.22. The molecule has 0 saturated heterocycles. The van der Waals surface area contributed by atoms with Crippen LogP contribution in [0.1, 0.15) is 13.8 Å². The zero-order valence-electron chi connectivity index (χ0n) is 14.6. The number of aromatic nitrogens is 2. The zero-order valence-corrected chi connectivity index (χ0v) is 16.2. The normalized spacial score (nSPS) is 13.7. The maximum atomic E-state index is 9.70. The zero-order chi connectivity index (χ0) is 18.5. The Labute approximate surface area is 160 Å². The summed E-state index contributed by atoms with van der Waals surface area (Å²) in [5.74, 6) is 0. The minimum absolute atomic E-state index is 0.258. The van der Waals surface area contributed by atoms with E-state index in [1.165, 1.54) is 4.90 Å². The molecule has 26 heavy (non-hydrogen) atoms. The van der Waals surface area contributed by atoms with Crippen molar-refractivity contribution in [2.75, 3.05) is 13.2 Å². The molecule has 3 aromatic rings. The highest BCUT2D eigenvalue weighted by Gasteiger charge is 2.17. The van der Waals surface area contributed by atoms with E-state index in [4.69, 9.17) is 4.74 Å². The molecule has 2 unspecified atom stereocenters. The van der Waals surface area contributed by atoms with E-state index in [0.717, 1.165) is 21.1 Å². The Hall–Kier alpha value is -1.84. The molecule has 0 amide bonds. The summed E-state index contributed by atoms with van der Waals surface area (Å²) in [6.07, 6.45) is -1.53. The van der Waals surface area contributed by atoms with E-state index < -0.39 is 12.5 Å². The van der Waals surface area contributed by atoms with Crippen LogP contribution in [-0.4, -0.2) is 50.7 Å². The molecular weight excluding hydrogens is 370 g/mol. The van der Waals surface area contributed by atoms with Crippen LogP contribution >= 0.6 is 22.7 Å². The van der Waals surface area contributed by atoms with Crippen LogP contribution in [0.3, 0.4) is 0 Å². The van der Waals surface area contributed by atoms with Crippen LogP contribution in [0.25, 0.3) is 21.1 Å². The number of nitrogens with zero attached hydrogens (tertiary/aromatic N) is 3. The number of hydrogen-bond acceptors (Lipinski definition) is 8. The average molecular weight is 392 g/mol. The lowest BCUT2D eigenvalue weighted by Crippen LogP contribution is -2.42. The maximum Gasteiger partial charge on any atom is 0.317 e. The predicted octanol–water partition coefficient (Wildman–Crippen LogP) is 3.29. The van der Waals surface area contributed by atoms with Crippen LogP contribution in [-0.2, 0) is 0 Å². The van der Waals surface area contributed by atoms with Crippen LogP contribution in [0.2, 0.25) is 0 Å². The van der Waals surface area contributed by atoms with Gasteiger partial charge in [0.05, 0.1) is 21.1 Å². The first-order valence-corrected chi connectivity index (χ1v) is 10.0. The topological polar surface area (TPSA) is 78.7 Å². The molecule has 138 valence electrons. The summed E-state index contributed by atoms with van der Waals surface area (Å²) in [5, 5.41) is 23.4. The highest BCUT2D eigenvalue weighted by atomic mass is 32.1. The molecule has 0 fully saturated rings. The van der Waals surface area contributed by atoms with E-state index >= 15 is 0 Å². The quantitative estimate of drug-likeness (QED) is 0.574. The second-order valence-electron chi connectivity index (χ2n) is 5.73. The molecule has 0 radical (unpaired) electrons. The summed E-state index contributed by atoms with van der Waals surface area (Å²) in [6.45, 7) is 3.83. The first-order valence-electron chi connectivity index (χ1n) is 8.26. The van der Waals surface area contributed by atoms with E-state index in [-0.39, 0.29) is 12.6 Å². The van der Waals surface area contributed by atoms with E-state index in [1.807, 2.05) is 41.1 Å². The van der Waals surface area contributed by atoms with E-state index in [0.29, 0.717) is 6.54 Å². The SMILES string of the molecule is CC(O)N(CCOc1nc(-c2cccs2)cc(-c2cccs2)n1)C(C)O. The van der Waals surface area contributed by atoms with Gasteiger partial charge in [-0.25, -0.2) is 4.90 Å². The molecule has 2 atom stereocenters. The molecule has 2 N–H and O–H groups in total. The first-order chi connectivity index (χ1) is 12.5. The second-order valence-corrected chi connectivity index (χ2v) is 7.62. The Morgan fingerprint density at radius 3 is 1.96 bits per heavy atom. The lowest BCUT2D eigenvalue weighted by atomic mass is 10.2. The second kappa shape index (κ2) is 8.70. The smallest absolute Gasteiger partial charge is 0.317 e. The summed E-state index contributed by atoms with van der Waals surface area (Å²) in [5.41, 5.74) is 1.63. The molecular formula is C18H21N3O3S2. The van der Waals surface area contributed by atoms with Crippen LogP contribution < -0.4 is 4.74 Å². The lowest BCUT2D eigenvalue weighted by Gasteiger charge is -2.27.